The number of hydrogen-bond donors (Lipinski definition) is 1. The molecule has 0 radical (unpaired) electrons. The zero-order chi connectivity index (χ0) is 19.6. The minimum absolute atomic E-state index is 0.0442. The van der Waals surface area contributed by atoms with Crippen LogP contribution in [0.2, 0.25) is 0 Å². The SMILES string of the molecule is CC(=O)Nc1ccccc1N1CCN(CC[C@@H]2CC3(CCCC3)C(=O)O2)CC1. The lowest BCUT2D eigenvalue weighted by Gasteiger charge is -2.37. The first-order valence-electron chi connectivity index (χ1n) is 10.6. The quantitative estimate of drug-likeness (QED) is 0.790. The number of nitrogens with zero attached hydrogens (tertiary/aromatic N) is 2. The molecule has 3 fully saturated rings. The lowest BCUT2D eigenvalue weighted by Crippen LogP contribution is -2.47. The molecule has 2 aliphatic heterocycles. The van der Waals surface area contributed by atoms with E-state index in [0.717, 1.165) is 69.8 Å². The smallest absolute Gasteiger partial charge is 0.312 e. The van der Waals surface area contributed by atoms with Gasteiger partial charge in [0.1, 0.15) is 6.10 Å². The number of rotatable bonds is 5. The minimum Gasteiger partial charge on any atom is -0.462 e. The Balaban J connectivity index is 1.26. The molecule has 4 rings (SSSR count). The molecular formula is C22H31N3O3. The summed E-state index contributed by atoms with van der Waals surface area (Å²) in [4.78, 5) is 28.6. The molecule has 0 aromatic heterocycles. The standard InChI is InChI=1S/C22H31N3O3/c1-17(26)23-19-6-2-3-7-20(19)25-14-12-24(13-15-25)11-8-18-16-22(21(27)28-18)9-4-5-10-22/h2-3,6-7,18H,4-5,8-16H2,1H3,(H,23,26)/t18-/m1/s1. The van der Waals surface area contributed by atoms with Gasteiger partial charge in [-0.1, -0.05) is 25.0 Å². The van der Waals surface area contributed by atoms with Crippen molar-refractivity contribution in [3.05, 3.63) is 24.3 Å². The van der Waals surface area contributed by atoms with Crippen molar-refractivity contribution in [2.45, 2.75) is 51.6 Å². The Kier molecular flexibility index (Phi) is 5.58. The molecule has 1 spiro atoms. The number of cyclic esters (lactones) is 1. The first-order valence-corrected chi connectivity index (χ1v) is 10.6. The van der Waals surface area contributed by atoms with Gasteiger partial charge in [0.15, 0.2) is 0 Å². The number of ether oxygens (including phenoxy) is 1. The van der Waals surface area contributed by atoms with Crippen LogP contribution in [0.4, 0.5) is 11.4 Å². The zero-order valence-electron chi connectivity index (χ0n) is 16.8. The molecule has 0 unspecified atom stereocenters. The van der Waals surface area contributed by atoms with E-state index < -0.39 is 0 Å². The highest BCUT2D eigenvalue weighted by Gasteiger charge is 2.50. The van der Waals surface area contributed by atoms with E-state index in [1.807, 2.05) is 18.2 Å². The van der Waals surface area contributed by atoms with Crippen LogP contribution in [0, 0.1) is 5.41 Å². The third-order valence-electron chi connectivity index (χ3n) is 6.58. The maximum absolute atomic E-state index is 12.3. The second-order valence-electron chi connectivity index (χ2n) is 8.53. The van der Waals surface area contributed by atoms with Crippen LogP contribution in [0.1, 0.15) is 45.4 Å². The van der Waals surface area contributed by atoms with Crippen molar-refractivity contribution in [2.24, 2.45) is 5.41 Å². The van der Waals surface area contributed by atoms with Gasteiger partial charge >= 0.3 is 5.97 Å². The largest absolute Gasteiger partial charge is 0.462 e. The number of esters is 1. The van der Waals surface area contributed by atoms with Gasteiger partial charge in [0.25, 0.3) is 0 Å². The Labute approximate surface area is 167 Å². The number of hydrogen-bond acceptors (Lipinski definition) is 5. The Hall–Kier alpha value is -2.08. The summed E-state index contributed by atoms with van der Waals surface area (Å²) in [7, 11) is 0. The predicted octanol–water partition coefficient (Wildman–Crippen LogP) is 3.03. The second-order valence-corrected chi connectivity index (χ2v) is 8.53. The van der Waals surface area contributed by atoms with E-state index in [0.29, 0.717) is 0 Å². The highest BCUT2D eigenvalue weighted by atomic mass is 16.6. The van der Waals surface area contributed by atoms with E-state index in [1.165, 1.54) is 12.8 Å². The van der Waals surface area contributed by atoms with Crippen LogP contribution in [0.3, 0.4) is 0 Å². The summed E-state index contributed by atoms with van der Waals surface area (Å²) in [6.07, 6.45) is 6.35. The van der Waals surface area contributed by atoms with Gasteiger partial charge in [0, 0.05) is 46.1 Å². The fraction of sp³-hybridized carbons (Fsp3) is 0.636. The molecule has 1 aromatic carbocycles. The number of amides is 1. The van der Waals surface area contributed by atoms with Gasteiger partial charge < -0.3 is 15.0 Å². The third-order valence-corrected chi connectivity index (χ3v) is 6.58. The zero-order valence-corrected chi connectivity index (χ0v) is 16.8. The molecule has 1 atom stereocenters. The molecule has 1 aliphatic carbocycles. The van der Waals surface area contributed by atoms with Crippen molar-refractivity contribution < 1.29 is 14.3 Å². The molecule has 2 saturated heterocycles. The number of benzene rings is 1. The second kappa shape index (κ2) is 8.11. The lowest BCUT2D eigenvalue weighted by atomic mass is 9.83. The van der Waals surface area contributed by atoms with Crippen molar-refractivity contribution in [3.63, 3.8) is 0 Å². The van der Waals surface area contributed by atoms with Gasteiger partial charge in [-0.05, 0) is 31.4 Å². The molecule has 6 heteroatoms. The van der Waals surface area contributed by atoms with Crippen molar-refractivity contribution in [1.82, 2.24) is 4.90 Å². The summed E-state index contributed by atoms with van der Waals surface area (Å²) >= 11 is 0. The summed E-state index contributed by atoms with van der Waals surface area (Å²) in [5.74, 6) is 0.0200. The van der Waals surface area contributed by atoms with Gasteiger partial charge in [-0.25, -0.2) is 0 Å². The van der Waals surface area contributed by atoms with E-state index in [1.54, 1.807) is 6.92 Å². The average Bonchev–Trinajstić information content (AvgIpc) is 3.28. The molecule has 2 heterocycles. The fourth-order valence-electron chi connectivity index (χ4n) is 5.04. The van der Waals surface area contributed by atoms with E-state index in [9.17, 15) is 9.59 Å². The number of anilines is 2. The summed E-state index contributed by atoms with van der Waals surface area (Å²) in [6, 6.07) is 7.99. The Morgan fingerprint density at radius 1 is 1.18 bits per heavy atom. The van der Waals surface area contributed by atoms with Gasteiger partial charge in [-0.2, -0.15) is 0 Å². The van der Waals surface area contributed by atoms with Crippen molar-refractivity contribution in [2.75, 3.05) is 42.9 Å². The molecule has 28 heavy (non-hydrogen) atoms. The maximum atomic E-state index is 12.3. The minimum atomic E-state index is -0.142. The number of piperazine rings is 1. The van der Waals surface area contributed by atoms with E-state index in [-0.39, 0.29) is 23.4 Å². The molecule has 1 N–H and O–H groups in total. The monoisotopic (exact) mass is 385 g/mol. The van der Waals surface area contributed by atoms with Crippen molar-refractivity contribution >= 4 is 23.3 Å². The summed E-state index contributed by atoms with van der Waals surface area (Å²) in [5.41, 5.74) is 1.82. The highest BCUT2D eigenvalue weighted by molar-refractivity contribution is 5.92. The predicted molar refractivity (Wildman–Crippen MR) is 109 cm³/mol. The van der Waals surface area contributed by atoms with Crippen LogP contribution in [-0.2, 0) is 14.3 Å². The summed E-state index contributed by atoms with van der Waals surface area (Å²) < 4.78 is 5.72. The topological polar surface area (TPSA) is 61.9 Å². The molecule has 152 valence electrons. The van der Waals surface area contributed by atoms with Crippen molar-refractivity contribution in [3.8, 4) is 0 Å². The van der Waals surface area contributed by atoms with Crippen LogP contribution in [0.5, 0.6) is 0 Å². The lowest BCUT2D eigenvalue weighted by molar-refractivity contribution is -0.148. The highest BCUT2D eigenvalue weighted by Crippen LogP contribution is 2.48. The van der Waals surface area contributed by atoms with E-state index >= 15 is 0 Å². The van der Waals surface area contributed by atoms with Gasteiger partial charge in [0.05, 0.1) is 16.8 Å². The summed E-state index contributed by atoms with van der Waals surface area (Å²) in [6.45, 7) is 6.37. The fourth-order valence-corrected chi connectivity index (χ4v) is 5.04. The van der Waals surface area contributed by atoms with Crippen LogP contribution in [-0.4, -0.2) is 55.6 Å². The maximum Gasteiger partial charge on any atom is 0.312 e. The van der Waals surface area contributed by atoms with Crippen LogP contribution >= 0.6 is 0 Å². The Morgan fingerprint density at radius 2 is 1.89 bits per heavy atom. The normalized spacial score (nSPS) is 24.5. The molecule has 3 aliphatic rings. The van der Waals surface area contributed by atoms with Crippen molar-refractivity contribution in [1.29, 1.82) is 0 Å². The Bertz CT molecular complexity index is 721. The number of para-hydroxylation sites is 2. The van der Waals surface area contributed by atoms with Gasteiger partial charge in [-0.3, -0.25) is 14.5 Å². The molecular weight excluding hydrogens is 354 g/mol. The third kappa shape index (κ3) is 4.02. The first-order chi connectivity index (χ1) is 13.6. The van der Waals surface area contributed by atoms with E-state index in [4.69, 9.17) is 4.74 Å². The van der Waals surface area contributed by atoms with Crippen LogP contribution < -0.4 is 10.2 Å². The number of carbonyl (C=O) groups excluding carboxylic acids is 2. The molecule has 1 aromatic rings. The van der Waals surface area contributed by atoms with Gasteiger partial charge in [0.2, 0.25) is 5.91 Å². The number of nitrogens with one attached hydrogen (secondary N) is 1. The first kappa shape index (κ1) is 19.2. The molecule has 6 nitrogen and oxygen atoms in total. The average molecular weight is 386 g/mol. The van der Waals surface area contributed by atoms with Crippen LogP contribution in [0.15, 0.2) is 24.3 Å². The summed E-state index contributed by atoms with van der Waals surface area (Å²) in [5, 5.41) is 2.93. The van der Waals surface area contributed by atoms with Crippen LogP contribution in [0.25, 0.3) is 0 Å². The number of carbonyl (C=O) groups is 2. The molecule has 1 saturated carbocycles. The van der Waals surface area contributed by atoms with E-state index in [2.05, 4.69) is 21.2 Å². The molecule has 1 amide bonds. The Morgan fingerprint density at radius 3 is 2.61 bits per heavy atom. The molecule has 0 bridgehead atoms. The van der Waals surface area contributed by atoms with Gasteiger partial charge in [-0.15, -0.1) is 0 Å².